The fourth-order valence-corrected chi connectivity index (χ4v) is 3.97. The molecule has 164 valence electrons. The number of unbranched alkanes of at least 4 members (excludes halogenated alkanes) is 11. The summed E-state index contributed by atoms with van der Waals surface area (Å²) < 4.78 is 0. The SMILES string of the molecule is CCCCCCCCCC1(C)NC(=O)N(C(C)NCCCCCCCC)C1=O. The van der Waals surface area contributed by atoms with Crippen LogP contribution in [0.1, 0.15) is 118 Å². The van der Waals surface area contributed by atoms with Gasteiger partial charge in [-0.05, 0) is 33.2 Å². The number of hydrogen-bond donors (Lipinski definition) is 2. The lowest BCUT2D eigenvalue weighted by Crippen LogP contribution is -2.49. The summed E-state index contributed by atoms with van der Waals surface area (Å²) in [4.78, 5) is 26.7. The van der Waals surface area contributed by atoms with Crippen molar-refractivity contribution >= 4 is 11.9 Å². The third kappa shape index (κ3) is 8.50. The van der Waals surface area contributed by atoms with Gasteiger partial charge in [-0.15, -0.1) is 0 Å². The van der Waals surface area contributed by atoms with E-state index < -0.39 is 5.54 Å². The summed E-state index contributed by atoms with van der Waals surface area (Å²) in [5, 5.41) is 6.30. The molecule has 1 heterocycles. The van der Waals surface area contributed by atoms with Gasteiger partial charge in [-0.1, -0.05) is 90.9 Å². The number of carbonyl (C=O) groups excluding carboxylic acids is 2. The molecule has 2 unspecified atom stereocenters. The Kier molecular flexibility index (Phi) is 12.4. The van der Waals surface area contributed by atoms with Crippen LogP contribution in [0, 0.1) is 0 Å². The molecule has 0 aromatic rings. The third-order valence-electron chi connectivity index (χ3n) is 5.93. The summed E-state index contributed by atoms with van der Waals surface area (Å²) in [6.45, 7) is 9.09. The number of rotatable bonds is 17. The fourth-order valence-electron chi connectivity index (χ4n) is 3.97. The van der Waals surface area contributed by atoms with Crippen molar-refractivity contribution in [3.05, 3.63) is 0 Å². The van der Waals surface area contributed by atoms with E-state index in [0.29, 0.717) is 0 Å². The number of nitrogens with one attached hydrogen (secondary N) is 2. The molecule has 2 atom stereocenters. The first-order valence-corrected chi connectivity index (χ1v) is 11.9. The molecule has 1 rings (SSSR count). The van der Waals surface area contributed by atoms with Crippen LogP contribution in [0.3, 0.4) is 0 Å². The maximum atomic E-state index is 12.9. The molecule has 0 aromatic carbocycles. The standard InChI is InChI=1S/C23H45N3O2/c1-5-7-9-11-13-14-16-18-23(4)21(27)26(22(28)25-23)20(3)24-19-17-15-12-10-8-6-2/h20,24H,5-19H2,1-4H3,(H,25,28). The van der Waals surface area contributed by atoms with Crippen LogP contribution < -0.4 is 10.6 Å². The van der Waals surface area contributed by atoms with E-state index in [0.717, 1.165) is 32.2 Å². The lowest BCUT2D eigenvalue weighted by Gasteiger charge is -2.25. The lowest BCUT2D eigenvalue weighted by molar-refractivity contribution is -0.132. The molecule has 0 aliphatic carbocycles. The van der Waals surface area contributed by atoms with E-state index in [9.17, 15) is 9.59 Å². The number of carbonyl (C=O) groups is 2. The van der Waals surface area contributed by atoms with Crippen molar-refractivity contribution in [3.63, 3.8) is 0 Å². The second-order valence-electron chi connectivity index (χ2n) is 8.71. The smallest absolute Gasteiger partial charge is 0.323 e. The van der Waals surface area contributed by atoms with Gasteiger partial charge in [-0.25, -0.2) is 9.69 Å². The van der Waals surface area contributed by atoms with Gasteiger partial charge in [0.05, 0.1) is 6.17 Å². The molecule has 2 N–H and O–H groups in total. The first-order valence-electron chi connectivity index (χ1n) is 11.9. The van der Waals surface area contributed by atoms with E-state index in [4.69, 9.17) is 0 Å². The Morgan fingerprint density at radius 3 is 1.93 bits per heavy atom. The quantitative estimate of drug-likeness (QED) is 0.244. The minimum Gasteiger partial charge on any atom is -0.323 e. The van der Waals surface area contributed by atoms with Crippen LogP contribution in [0.5, 0.6) is 0 Å². The van der Waals surface area contributed by atoms with E-state index in [2.05, 4.69) is 24.5 Å². The van der Waals surface area contributed by atoms with Gasteiger partial charge in [0.25, 0.3) is 5.91 Å². The van der Waals surface area contributed by atoms with Crippen molar-refractivity contribution < 1.29 is 9.59 Å². The van der Waals surface area contributed by atoms with Gasteiger partial charge in [-0.2, -0.15) is 0 Å². The van der Waals surface area contributed by atoms with Crippen LogP contribution in [-0.4, -0.2) is 35.1 Å². The Hall–Kier alpha value is -1.10. The summed E-state index contributed by atoms with van der Waals surface area (Å²) in [6, 6.07) is -0.251. The van der Waals surface area contributed by atoms with Gasteiger partial charge in [0.1, 0.15) is 5.54 Å². The third-order valence-corrected chi connectivity index (χ3v) is 5.93. The maximum absolute atomic E-state index is 12.9. The minimum atomic E-state index is -0.739. The Morgan fingerprint density at radius 1 is 0.857 bits per heavy atom. The molecule has 28 heavy (non-hydrogen) atoms. The first-order chi connectivity index (χ1) is 13.5. The Balaban J connectivity index is 2.30. The van der Waals surface area contributed by atoms with E-state index >= 15 is 0 Å². The molecule has 5 heteroatoms. The zero-order chi connectivity index (χ0) is 20.8. The van der Waals surface area contributed by atoms with Gasteiger partial charge < -0.3 is 5.32 Å². The highest BCUT2D eigenvalue weighted by molar-refractivity contribution is 6.07. The van der Waals surface area contributed by atoms with E-state index in [1.807, 2.05) is 13.8 Å². The van der Waals surface area contributed by atoms with Crippen molar-refractivity contribution in [2.75, 3.05) is 6.54 Å². The molecule has 0 bridgehead atoms. The van der Waals surface area contributed by atoms with Crippen LogP contribution in [0.15, 0.2) is 0 Å². The summed E-state index contributed by atoms with van der Waals surface area (Å²) in [6.07, 6.45) is 16.4. The average Bonchev–Trinajstić information content (AvgIpc) is 2.89. The van der Waals surface area contributed by atoms with Gasteiger partial charge in [-0.3, -0.25) is 10.1 Å². The number of imide groups is 1. The maximum Gasteiger partial charge on any atom is 0.326 e. The zero-order valence-electron chi connectivity index (χ0n) is 18.9. The van der Waals surface area contributed by atoms with E-state index in [-0.39, 0.29) is 18.1 Å². The summed E-state index contributed by atoms with van der Waals surface area (Å²) in [5.41, 5.74) is -0.739. The molecular formula is C23H45N3O2. The molecular weight excluding hydrogens is 350 g/mol. The van der Waals surface area contributed by atoms with Crippen LogP contribution in [0.2, 0.25) is 0 Å². The number of nitrogens with zero attached hydrogens (tertiary/aromatic N) is 1. The molecule has 0 aromatic heterocycles. The van der Waals surface area contributed by atoms with Gasteiger partial charge in [0.2, 0.25) is 0 Å². The predicted octanol–water partition coefficient (Wildman–Crippen LogP) is 5.73. The van der Waals surface area contributed by atoms with Crippen molar-refractivity contribution in [1.82, 2.24) is 15.5 Å². The number of hydrogen-bond acceptors (Lipinski definition) is 3. The number of urea groups is 1. The number of amides is 3. The van der Waals surface area contributed by atoms with Crippen LogP contribution in [0.4, 0.5) is 4.79 Å². The summed E-state index contributed by atoms with van der Waals surface area (Å²) in [5.74, 6) is -0.0774. The van der Waals surface area contributed by atoms with Crippen LogP contribution >= 0.6 is 0 Å². The van der Waals surface area contributed by atoms with Gasteiger partial charge >= 0.3 is 6.03 Å². The van der Waals surface area contributed by atoms with Crippen LogP contribution in [-0.2, 0) is 4.79 Å². The lowest BCUT2D eigenvalue weighted by atomic mass is 9.94. The predicted molar refractivity (Wildman–Crippen MR) is 117 cm³/mol. The molecule has 3 amide bonds. The van der Waals surface area contributed by atoms with Crippen molar-refractivity contribution in [2.45, 2.75) is 129 Å². The normalized spacial score (nSPS) is 20.6. The minimum absolute atomic E-state index is 0.0774. The molecule has 1 saturated heterocycles. The van der Waals surface area contributed by atoms with Crippen molar-refractivity contribution in [3.8, 4) is 0 Å². The summed E-state index contributed by atoms with van der Waals surface area (Å²) >= 11 is 0. The van der Waals surface area contributed by atoms with Crippen molar-refractivity contribution in [1.29, 1.82) is 0 Å². The highest BCUT2D eigenvalue weighted by Gasteiger charge is 2.48. The molecule has 1 aliphatic rings. The second-order valence-corrected chi connectivity index (χ2v) is 8.71. The largest absolute Gasteiger partial charge is 0.326 e. The molecule has 0 spiro atoms. The van der Waals surface area contributed by atoms with Gasteiger partial charge in [0, 0.05) is 0 Å². The zero-order valence-corrected chi connectivity index (χ0v) is 18.9. The Labute approximate surface area is 173 Å². The molecule has 0 radical (unpaired) electrons. The monoisotopic (exact) mass is 395 g/mol. The van der Waals surface area contributed by atoms with E-state index in [1.54, 1.807) is 0 Å². The highest BCUT2D eigenvalue weighted by Crippen LogP contribution is 2.25. The van der Waals surface area contributed by atoms with Gasteiger partial charge in [0.15, 0.2) is 0 Å². The second kappa shape index (κ2) is 14.0. The summed E-state index contributed by atoms with van der Waals surface area (Å²) in [7, 11) is 0. The van der Waals surface area contributed by atoms with Crippen molar-refractivity contribution in [2.24, 2.45) is 0 Å². The molecule has 5 nitrogen and oxygen atoms in total. The molecule has 0 saturated carbocycles. The molecule has 1 fully saturated rings. The Morgan fingerprint density at radius 2 is 1.36 bits per heavy atom. The highest BCUT2D eigenvalue weighted by atomic mass is 16.2. The average molecular weight is 396 g/mol. The topological polar surface area (TPSA) is 61.4 Å². The van der Waals surface area contributed by atoms with Crippen LogP contribution in [0.25, 0.3) is 0 Å². The first kappa shape index (κ1) is 24.9. The van der Waals surface area contributed by atoms with E-state index in [1.165, 1.54) is 69.1 Å². The Bertz CT molecular complexity index is 455. The fraction of sp³-hybridized carbons (Fsp3) is 0.913. The molecule has 1 aliphatic heterocycles.